The first-order chi connectivity index (χ1) is 11.8. The average molecular weight is 318 g/mol. The molecule has 0 N–H and O–H groups in total. The van der Waals surface area contributed by atoms with Crippen LogP contribution in [0.3, 0.4) is 0 Å². The Balaban J connectivity index is 1.78. The highest BCUT2D eigenvalue weighted by Crippen LogP contribution is 2.15. The van der Waals surface area contributed by atoms with Gasteiger partial charge < -0.3 is 9.30 Å². The average Bonchev–Trinajstić information content (AvgIpc) is 3.10. The lowest BCUT2D eigenvalue weighted by molar-refractivity contribution is 0.0526. The molecule has 1 aromatic heterocycles. The van der Waals surface area contributed by atoms with E-state index in [1.165, 1.54) is 0 Å². The van der Waals surface area contributed by atoms with Crippen molar-refractivity contribution in [1.82, 2.24) is 4.57 Å². The van der Waals surface area contributed by atoms with E-state index < -0.39 is 0 Å². The summed E-state index contributed by atoms with van der Waals surface area (Å²) in [5.74, 6) is -0.314. The number of aliphatic imine (C=N–C) groups is 1. The van der Waals surface area contributed by atoms with Gasteiger partial charge in [0.2, 0.25) is 0 Å². The van der Waals surface area contributed by atoms with Crippen LogP contribution in [0.25, 0.3) is 5.69 Å². The van der Waals surface area contributed by atoms with Gasteiger partial charge in [0, 0.05) is 11.9 Å². The number of hydrogen-bond acceptors (Lipinski definition) is 3. The highest BCUT2D eigenvalue weighted by molar-refractivity contribution is 5.90. The molecule has 4 heteroatoms. The molecule has 0 atom stereocenters. The van der Waals surface area contributed by atoms with Crippen molar-refractivity contribution in [3.8, 4) is 5.69 Å². The molecule has 0 radical (unpaired) electrons. The fourth-order valence-electron chi connectivity index (χ4n) is 2.36. The third kappa shape index (κ3) is 3.60. The van der Waals surface area contributed by atoms with E-state index in [0.29, 0.717) is 12.2 Å². The largest absolute Gasteiger partial charge is 0.462 e. The predicted octanol–water partition coefficient (Wildman–Crippen LogP) is 4.40. The summed E-state index contributed by atoms with van der Waals surface area (Å²) in [5, 5.41) is 0. The summed E-state index contributed by atoms with van der Waals surface area (Å²) >= 11 is 0. The number of benzene rings is 2. The molecule has 2 aromatic carbocycles. The zero-order valence-electron chi connectivity index (χ0n) is 13.4. The molecule has 0 spiro atoms. The van der Waals surface area contributed by atoms with Crippen LogP contribution in [-0.4, -0.2) is 23.4 Å². The first-order valence-electron chi connectivity index (χ1n) is 7.82. The summed E-state index contributed by atoms with van der Waals surface area (Å²) in [4.78, 5) is 16.1. The quantitative estimate of drug-likeness (QED) is 0.517. The number of esters is 1. The second-order valence-electron chi connectivity index (χ2n) is 5.16. The molecule has 3 rings (SSSR count). The molecule has 4 nitrogen and oxygen atoms in total. The van der Waals surface area contributed by atoms with Gasteiger partial charge in [0.25, 0.3) is 0 Å². The van der Waals surface area contributed by atoms with E-state index in [1.807, 2.05) is 54.9 Å². The number of rotatable bonds is 5. The molecule has 0 bridgehead atoms. The summed E-state index contributed by atoms with van der Waals surface area (Å²) < 4.78 is 7.04. The normalized spacial score (nSPS) is 10.9. The van der Waals surface area contributed by atoms with Crippen molar-refractivity contribution >= 4 is 17.9 Å². The highest BCUT2D eigenvalue weighted by atomic mass is 16.5. The van der Waals surface area contributed by atoms with Crippen molar-refractivity contribution in [3.05, 3.63) is 84.2 Å². The molecular weight excluding hydrogens is 300 g/mol. The molecule has 24 heavy (non-hydrogen) atoms. The third-order valence-corrected chi connectivity index (χ3v) is 3.54. The van der Waals surface area contributed by atoms with Gasteiger partial charge >= 0.3 is 5.97 Å². The van der Waals surface area contributed by atoms with Crippen LogP contribution in [0, 0.1) is 0 Å². The summed E-state index contributed by atoms with van der Waals surface area (Å²) in [6, 6.07) is 21.1. The lowest BCUT2D eigenvalue weighted by Crippen LogP contribution is -2.03. The van der Waals surface area contributed by atoms with E-state index in [-0.39, 0.29) is 5.97 Å². The molecule has 0 unspecified atom stereocenters. The Hall–Kier alpha value is -3.14. The van der Waals surface area contributed by atoms with Crippen molar-refractivity contribution in [2.24, 2.45) is 4.99 Å². The molecule has 0 aliphatic heterocycles. The molecule has 0 amide bonds. The number of carbonyl (C=O) groups excluding carboxylic acids is 1. The van der Waals surface area contributed by atoms with Gasteiger partial charge in [0.15, 0.2) is 0 Å². The smallest absolute Gasteiger partial charge is 0.338 e. The van der Waals surface area contributed by atoms with E-state index in [1.54, 1.807) is 31.2 Å². The standard InChI is InChI=1S/C20H18N2O2/c1-2-24-20(23)16-10-12-17(13-11-16)21-15-19-9-6-14-22(19)18-7-4-3-5-8-18/h3-15H,2H2,1H3. The van der Waals surface area contributed by atoms with Crippen molar-refractivity contribution < 1.29 is 9.53 Å². The first kappa shape index (κ1) is 15.7. The maximum atomic E-state index is 11.6. The Bertz CT molecular complexity index is 834. The molecule has 1 heterocycles. The molecular formula is C20H18N2O2. The van der Waals surface area contributed by atoms with E-state index in [0.717, 1.165) is 17.1 Å². The Morgan fingerprint density at radius 1 is 1.04 bits per heavy atom. The molecule has 0 saturated heterocycles. The van der Waals surface area contributed by atoms with Gasteiger partial charge in [-0.2, -0.15) is 0 Å². The van der Waals surface area contributed by atoms with E-state index in [9.17, 15) is 4.79 Å². The number of para-hydroxylation sites is 1. The zero-order valence-corrected chi connectivity index (χ0v) is 13.4. The van der Waals surface area contributed by atoms with Gasteiger partial charge in [0.05, 0.1) is 29.8 Å². The molecule has 0 fully saturated rings. The van der Waals surface area contributed by atoms with Gasteiger partial charge in [-0.1, -0.05) is 18.2 Å². The molecule has 0 saturated carbocycles. The lowest BCUT2D eigenvalue weighted by atomic mass is 10.2. The SMILES string of the molecule is CCOC(=O)c1ccc(N=Cc2cccn2-c2ccccc2)cc1. The number of carbonyl (C=O) groups is 1. The predicted molar refractivity (Wildman–Crippen MR) is 95.4 cm³/mol. The molecule has 0 aliphatic carbocycles. The molecule has 3 aromatic rings. The van der Waals surface area contributed by atoms with Gasteiger partial charge in [-0.05, 0) is 55.5 Å². The van der Waals surface area contributed by atoms with Crippen LogP contribution < -0.4 is 0 Å². The second-order valence-corrected chi connectivity index (χ2v) is 5.16. The Labute approximate surface area is 141 Å². The highest BCUT2D eigenvalue weighted by Gasteiger charge is 2.05. The second kappa shape index (κ2) is 7.42. The van der Waals surface area contributed by atoms with Crippen molar-refractivity contribution in [2.75, 3.05) is 6.61 Å². The van der Waals surface area contributed by atoms with Crippen LogP contribution in [0.1, 0.15) is 23.0 Å². The number of hydrogen-bond donors (Lipinski definition) is 0. The number of ether oxygens (including phenoxy) is 1. The minimum atomic E-state index is -0.314. The maximum absolute atomic E-state index is 11.6. The Kier molecular flexibility index (Phi) is 4.87. The topological polar surface area (TPSA) is 43.6 Å². The summed E-state index contributed by atoms with van der Waals surface area (Å²) in [5.41, 5.74) is 3.38. The molecule has 0 aliphatic rings. The van der Waals surface area contributed by atoms with Gasteiger partial charge in [0.1, 0.15) is 0 Å². The van der Waals surface area contributed by atoms with Gasteiger partial charge in [-0.15, -0.1) is 0 Å². The lowest BCUT2D eigenvalue weighted by Gasteiger charge is -2.05. The number of nitrogens with zero attached hydrogens (tertiary/aromatic N) is 2. The van der Waals surface area contributed by atoms with E-state index in [4.69, 9.17) is 4.74 Å². The van der Waals surface area contributed by atoms with Crippen LogP contribution in [0.5, 0.6) is 0 Å². The summed E-state index contributed by atoms with van der Waals surface area (Å²) in [6.07, 6.45) is 3.81. The summed E-state index contributed by atoms with van der Waals surface area (Å²) in [6.45, 7) is 2.16. The van der Waals surface area contributed by atoms with Gasteiger partial charge in [-0.25, -0.2) is 4.79 Å². The van der Waals surface area contributed by atoms with Crippen LogP contribution in [0.15, 0.2) is 77.9 Å². The zero-order chi connectivity index (χ0) is 16.8. The van der Waals surface area contributed by atoms with Gasteiger partial charge in [-0.3, -0.25) is 4.99 Å². The van der Waals surface area contributed by atoms with Crippen LogP contribution in [0.2, 0.25) is 0 Å². The fraction of sp³-hybridized carbons (Fsp3) is 0.100. The Morgan fingerprint density at radius 2 is 1.79 bits per heavy atom. The molecule has 120 valence electrons. The van der Waals surface area contributed by atoms with Crippen LogP contribution in [0.4, 0.5) is 5.69 Å². The van der Waals surface area contributed by atoms with Crippen LogP contribution >= 0.6 is 0 Å². The van der Waals surface area contributed by atoms with Crippen molar-refractivity contribution in [1.29, 1.82) is 0 Å². The summed E-state index contributed by atoms with van der Waals surface area (Å²) in [7, 11) is 0. The van der Waals surface area contributed by atoms with E-state index >= 15 is 0 Å². The monoisotopic (exact) mass is 318 g/mol. The first-order valence-corrected chi connectivity index (χ1v) is 7.82. The van der Waals surface area contributed by atoms with E-state index in [2.05, 4.69) is 9.56 Å². The van der Waals surface area contributed by atoms with Crippen LogP contribution in [-0.2, 0) is 4.74 Å². The Morgan fingerprint density at radius 3 is 2.50 bits per heavy atom. The van der Waals surface area contributed by atoms with Crippen molar-refractivity contribution in [2.45, 2.75) is 6.92 Å². The number of aromatic nitrogens is 1. The third-order valence-electron chi connectivity index (χ3n) is 3.54. The minimum absolute atomic E-state index is 0.314. The van der Waals surface area contributed by atoms with Crippen molar-refractivity contribution in [3.63, 3.8) is 0 Å². The maximum Gasteiger partial charge on any atom is 0.338 e. The minimum Gasteiger partial charge on any atom is -0.462 e. The fourth-order valence-corrected chi connectivity index (χ4v) is 2.36.